The third-order valence-electron chi connectivity index (χ3n) is 2.89. The first kappa shape index (κ1) is 14.6. The second-order valence-electron chi connectivity index (χ2n) is 6.09. The first-order valence-corrected chi connectivity index (χ1v) is 7.04. The van der Waals surface area contributed by atoms with Crippen LogP contribution < -0.4 is 5.32 Å². The molecular weight excluding hydrogens is 242 g/mol. The van der Waals surface area contributed by atoms with Crippen molar-refractivity contribution in [2.45, 2.75) is 58.4 Å². The van der Waals surface area contributed by atoms with Gasteiger partial charge >= 0.3 is 0 Å². The molecule has 1 saturated carbocycles. The highest BCUT2D eigenvalue weighted by Crippen LogP contribution is 2.19. The number of hydrogen-bond acceptors (Lipinski definition) is 4. The number of nitrogens with one attached hydrogen (secondary N) is 1. The average Bonchev–Trinajstić information content (AvgIpc) is 3.05. The molecule has 1 aromatic rings. The monoisotopic (exact) mass is 267 g/mol. The van der Waals surface area contributed by atoms with E-state index < -0.39 is 0 Å². The van der Waals surface area contributed by atoms with Crippen LogP contribution in [0.3, 0.4) is 0 Å². The van der Waals surface area contributed by atoms with Crippen LogP contribution in [0.5, 0.6) is 0 Å². The molecule has 1 aliphatic carbocycles. The molecule has 1 aliphatic rings. The van der Waals surface area contributed by atoms with Gasteiger partial charge in [-0.1, -0.05) is 0 Å². The van der Waals surface area contributed by atoms with Crippen molar-refractivity contribution >= 4 is 0 Å². The van der Waals surface area contributed by atoms with Gasteiger partial charge in [-0.15, -0.1) is 0 Å². The van der Waals surface area contributed by atoms with Crippen molar-refractivity contribution < 1.29 is 13.9 Å². The normalized spacial score (nSPS) is 15.9. The Balaban J connectivity index is 1.57. The lowest BCUT2D eigenvalue weighted by Gasteiger charge is -2.19. The maximum Gasteiger partial charge on any atom is 0.129 e. The van der Waals surface area contributed by atoms with Gasteiger partial charge in [-0.25, -0.2) is 0 Å². The van der Waals surface area contributed by atoms with Gasteiger partial charge in [-0.2, -0.15) is 0 Å². The summed E-state index contributed by atoms with van der Waals surface area (Å²) in [6, 6.07) is 2.78. The van der Waals surface area contributed by atoms with Crippen LogP contribution >= 0.6 is 0 Å². The van der Waals surface area contributed by atoms with E-state index in [9.17, 15) is 0 Å². The third-order valence-corrected chi connectivity index (χ3v) is 2.89. The summed E-state index contributed by atoms with van der Waals surface area (Å²) in [5.41, 5.74) is 1.09. The van der Waals surface area contributed by atoms with Gasteiger partial charge in [-0.05, 0) is 39.7 Å². The second kappa shape index (κ2) is 6.55. The summed E-state index contributed by atoms with van der Waals surface area (Å²) in [6.07, 6.45) is 4.42. The molecule has 2 rings (SSSR count). The molecule has 0 saturated heterocycles. The Morgan fingerprint density at radius 1 is 1.32 bits per heavy atom. The van der Waals surface area contributed by atoms with Crippen LogP contribution in [0.1, 0.15) is 44.9 Å². The highest BCUT2D eigenvalue weighted by Gasteiger charge is 2.20. The van der Waals surface area contributed by atoms with Crippen LogP contribution in [0.2, 0.25) is 0 Å². The lowest BCUT2D eigenvalue weighted by molar-refractivity contribution is -0.0394. The summed E-state index contributed by atoms with van der Waals surface area (Å²) >= 11 is 0. The standard InChI is InChI=1S/C15H25NO3/c1-15(2,3)19-7-6-17-11-14-8-12(10-18-14)9-16-13-4-5-13/h8,10,13,16H,4-7,9,11H2,1-3H3. The van der Waals surface area contributed by atoms with Crippen LogP contribution in [0, 0.1) is 0 Å². The maximum atomic E-state index is 5.58. The van der Waals surface area contributed by atoms with E-state index in [1.54, 1.807) is 6.26 Å². The van der Waals surface area contributed by atoms with E-state index in [2.05, 4.69) is 11.4 Å². The fourth-order valence-electron chi connectivity index (χ4n) is 1.72. The van der Waals surface area contributed by atoms with Gasteiger partial charge < -0.3 is 19.2 Å². The average molecular weight is 267 g/mol. The molecule has 0 atom stereocenters. The van der Waals surface area contributed by atoms with E-state index in [-0.39, 0.29) is 5.60 Å². The summed E-state index contributed by atoms with van der Waals surface area (Å²) in [4.78, 5) is 0. The minimum Gasteiger partial charge on any atom is -0.467 e. The largest absolute Gasteiger partial charge is 0.467 e. The Kier molecular flexibility index (Phi) is 5.02. The summed E-state index contributed by atoms with van der Waals surface area (Å²) in [7, 11) is 0. The summed E-state index contributed by atoms with van der Waals surface area (Å²) < 4.78 is 16.6. The van der Waals surface area contributed by atoms with Gasteiger partial charge in [-0.3, -0.25) is 0 Å². The van der Waals surface area contributed by atoms with E-state index in [4.69, 9.17) is 13.9 Å². The van der Waals surface area contributed by atoms with Crippen molar-refractivity contribution in [3.63, 3.8) is 0 Å². The number of hydrogen-bond donors (Lipinski definition) is 1. The summed E-state index contributed by atoms with van der Waals surface area (Å²) in [5, 5.41) is 3.46. The molecule has 1 N–H and O–H groups in total. The molecule has 1 aromatic heterocycles. The molecule has 19 heavy (non-hydrogen) atoms. The molecule has 1 heterocycles. The second-order valence-corrected chi connectivity index (χ2v) is 6.09. The van der Waals surface area contributed by atoms with Crippen molar-refractivity contribution in [2.24, 2.45) is 0 Å². The van der Waals surface area contributed by atoms with Gasteiger partial charge in [0.05, 0.1) is 25.1 Å². The molecule has 0 aliphatic heterocycles. The van der Waals surface area contributed by atoms with Crippen LogP contribution in [0.25, 0.3) is 0 Å². The van der Waals surface area contributed by atoms with Crippen molar-refractivity contribution in [1.82, 2.24) is 5.32 Å². The predicted octanol–water partition coefficient (Wildman–Crippen LogP) is 2.86. The van der Waals surface area contributed by atoms with Gasteiger partial charge in [0.2, 0.25) is 0 Å². The zero-order chi connectivity index (χ0) is 13.7. The van der Waals surface area contributed by atoms with E-state index >= 15 is 0 Å². The highest BCUT2D eigenvalue weighted by molar-refractivity contribution is 5.12. The SMILES string of the molecule is CC(C)(C)OCCOCc1cc(CNC2CC2)co1. The Morgan fingerprint density at radius 3 is 2.79 bits per heavy atom. The Bertz CT molecular complexity index is 377. The van der Waals surface area contributed by atoms with E-state index in [1.165, 1.54) is 18.4 Å². The van der Waals surface area contributed by atoms with E-state index in [0.717, 1.165) is 18.3 Å². The zero-order valence-corrected chi connectivity index (χ0v) is 12.2. The molecule has 0 amide bonds. The molecular formula is C15H25NO3. The minimum absolute atomic E-state index is 0.101. The molecule has 1 fully saturated rings. The molecule has 4 nitrogen and oxygen atoms in total. The highest BCUT2D eigenvalue weighted by atomic mass is 16.5. The molecule has 4 heteroatoms. The topological polar surface area (TPSA) is 43.6 Å². The molecule has 0 aromatic carbocycles. The van der Waals surface area contributed by atoms with Crippen LogP contribution in [-0.2, 0) is 22.6 Å². The van der Waals surface area contributed by atoms with E-state index in [0.29, 0.717) is 19.8 Å². The van der Waals surface area contributed by atoms with Crippen LogP contribution in [0.4, 0.5) is 0 Å². The van der Waals surface area contributed by atoms with Crippen molar-refractivity contribution in [3.05, 3.63) is 23.7 Å². The smallest absolute Gasteiger partial charge is 0.129 e. The van der Waals surface area contributed by atoms with Crippen LogP contribution in [-0.4, -0.2) is 24.9 Å². The maximum absolute atomic E-state index is 5.58. The first-order valence-electron chi connectivity index (χ1n) is 7.04. The Labute approximate surface area is 115 Å². The summed E-state index contributed by atoms with van der Waals surface area (Å²) in [5.74, 6) is 0.878. The fourth-order valence-corrected chi connectivity index (χ4v) is 1.72. The summed E-state index contributed by atoms with van der Waals surface area (Å²) in [6.45, 7) is 8.72. The van der Waals surface area contributed by atoms with Crippen LogP contribution in [0.15, 0.2) is 16.7 Å². The number of furan rings is 1. The Morgan fingerprint density at radius 2 is 2.11 bits per heavy atom. The van der Waals surface area contributed by atoms with Gasteiger partial charge in [0.15, 0.2) is 0 Å². The van der Waals surface area contributed by atoms with Gasteiger partial charge in [0.1, 0.15) is 12.4 Å². The molecule has 0 radical (unpaired) electrons. The molecule has 108 valence electrons. The third kappa shape index (κ3) is 6.23. The quantitative estimate of drug-likeness (QED) is 0.736. The minimum atomic E-state index is -0.101. The lowest BCUT2D eigenvalue weighted by Crippen LogP contribution is -2.21. The molecule has 0 unspecified atom stereocenters. The van der Waals surface area contributed by atoms with Gasteiger partial charge in [0, 0.05) is 18.2 Å². The number of ether oxygens (including phenoxy) is 2. The molecule has 0 bridgehead atoms. The number of rotatable bonds is 8. The van der Waals surface area contributed by atoms with E-state index in [1.807, 2.05) is 20.8 Å². The lowest BCUT2D eigenvalue weighted by atomic mass is 10.2. The predicted molar refractivity (Wildman–Crippen MR) is 73.9 cm³/mol. The fraction of sp³-hybridized carbons (Fsp3) is 0.733. The first-order chi connectivity index (χ1) is 9.03. The molecule has 0 spiro atoms. The van der Waals surface area contributed by atoms with Crippen molar-refractivity contribution in [1.29, 1.82) is 0 Å². The van der Waals surface area contributed by atoms with Gasteiger partial charge in [0.25, 0.3) is 0 Å². The zero-order valence-electron chi connectivity index (χ0n) is 12.2. The van der Waals surface area contributed by atoms with Crippen molar-refractivity contribution in [2.75, 3.05) is 13.2 Å². The Hall–Kier alpha value is -0.840. The van der Waals surface area contributed by atoms with Crippen molar-refractivity contribution in [3.8, 4) is 0 Å².